The molecule has 0 radical (unpaired) electrons. The van der Waals surface area contributed by atoms with Crippen molar-refractivity contribution < 1.29 is 0 Å². The van der Waals surface area contributed by atoms with Crippen molar-refractivity contribution in [3.8, 4) is 0 Å². The van der Waals surface area contributed by atoms with Gasteiger partial charge in [-0.3, -0.25) is 0 Å². The van der Waals surface area contributed by atoms with Gasteiger partial charge in [0.15, 0.2) is 0 Å². The van der Waals surface area contributed by atoms with E-state index in [0.29, 0.717) is 0 Å². The zero-order chi connectivity index (χ0) is 23.9. The summed E-state index contributed by atoms with van der Waals surface area (Å²) >= 11 is 0. The van der Waals surface area contributed by atoms with Crippen LogP contribution in [0.25, 0.3) is 0 Å². The Labute approximate surface area is 208 Å². The Bertz CT molecular complexity index is 297. The lowest BCUT2D eigenvalue weighted by atomic mass is 10.1. The van der Waals surface area contributed by atoms with Gasteiger partial charge in [0.05, 0.1) is 0 Å². The Kier molecular flexibility index (Phi) is 31.6. The fourth-order valence-electron chi connectivity index (χ4n) is 4.13. The van der Waals surface area contributed by atoms with E-state index < -0.39 is 0 Å². The Morgan fingerprint density at radius 3 is 0.879 bits per heavy atom. The van der Waals surface area contributed by atoms with Gasteiger partial charge in [-0.25, -0.2) is 0 Å². The quantitative estimate of drug-likeness (QED) is 0.0918. The maximum absolute atomic E-state index is 5.50. The van der Waals surface area contributed by atoms with Crippen LogP contribution in [0.1, 0.15) is 122 Å². The molecule has 0 unspecified atom stereocenters. The molecular formula is C28H63N5. The molecule has 0 aromatic rings. The van der Waals surface area contributed by atoms with Gasteiger partial charge in [-0.05, 0) is 117 Å². The van der Waals surface area contributed by atoms with Crippen molar-refractivity contribution in [3.05, 3.63) is 0 Å². The molecule has 0 amide bonds. The lowest BCUT2D eigenvalue weighted by molar-refractivity contribution is 0.527. The average Bonchev–Trinajstić information content (AvgIpc) is 2.83. The summed E-state index contributed by atoms with van der Waals surface area (Å²) in [6.07, 6.45) is 24.3. The molecule has 0 saturated heterocycles. The van der Waals surface area contributed by atoms with Crippen molar-refractivity contribution in [2.24, 2.45) is 5.73 Å². The number of hydrogen-bond donors (Lipinski definition) is 5. The van der Waals surface area contributed by atoms with E-state index in [2.05, 4.69) is 28.2 Å². The van der Waals surface area contributed by atoms with Crippen molar-refractivity contribution in [1.82, 2.24) is 21.3 Å². The first kappa shape index (κ1) is 32.8. The predicted molar refractivity (Wildman–Crippen MR) is 149 cm³/mol. The van der Waals surface area contributed by atoms with Crippen LogP contribution in [-0.2, 0) is 0 Å². The first-order valence-electron chi connectivity index (χ1n) is 14.9. The van der Waals surface area contributed by atoms with E-state index >= 15 is 0 Å². The lowest BCUT2D eigenvalue weighted by Gasteiger charge is -2.08. The number of rotatable bonds is 30. The molecule has 0 aromatic carbocycles. The molecule has 0 aromatic heterocycles. The SMILES string of the molecule is CCCCCCCCCCCCNCCCCNCCCCNCCCCNCCCCN. The van der Waals surface area contributed by atoms with Crippen LogP contribution in [0.5, 0.6) is 0 Å². The molecule has 0 fully saturated rings. The smallest absolute Gasteiger partial charge is 0.00484 e. The van der Waals surface area contributed by atoms with Crippen LogP contribution in [0.4, 0.5) is 0 Å². The fourth-order valence-corrected chi connectivity index (χ4v) is 4.13. The number of hydrogen-bond acceptors (Lipinski definition) is 5. The summed E-state index contributed by atoms with van der Waals surface area (Å²) in [7, 11) is 0. The minimum absolute atomic E-state index is 0.818. The first-order valence-corrected chi connectivity index (χ1v) is 14.9. The van der Waals surface area contributed by atoms with Gasteiger partial charge in [0, 0.05) is 0 Å². The van der Waals surface area contributed by atoms with Crippen molar-refractivity contribution in [1.29, 1.82) is 0 Å². The maximum Gasteiger partial charge on any atom is -0.00484 e. The number of unbranched alkanes of at least 4 members (excludes halogenated alkanes) is 13. The largest absolute Gasteiger partial charge is 0.330 e. The van der Waals surface area contributed by atoms with Crippen LogP contribution in [0, 0.1) is 0 Å². The highest BCUT2D eigenvalue weighted by Gasteiger charge is 1.95. The van der Waals surface area contributed by atoms with Crippen molar-refractivity contribution >= 4 is 0 Å². The van der Waals surface area contributed by atoms with Gasteiger partial charge in [0.1, 0.15) is 0 Å². The van der Waals surface area contributed by atoms with Crippen molar-refractivity contribution in [3.63, 3.8) is 0 Å². The monoisotopic (exact) mass is 470 g/mol. The third kappa shape index (κ3) is 31.8. The molecule has 0 bridgehead atoms. The van der Waals surface area contributed by atoms with Gasteiger partial charge < -0.3 is 27.0 Å². The molecular weight excluding hydrogens is 406 g/mol. The van der Waals surface area contributed by atoms with Crippen LogP contribution in [-0.4, -0.2) is 58.9 Å². The van der Waals surface area contributed by atoms with E-state index in [9.17, 15) is 0 Å². The Morgan fingerprint density at radius 2 is 0.576 bits per heavy atom. The maximum atomic E-state index is 5.50. The van der Waals surface area contributed by atoms with Gasteiger partial charge in [-0.2, -0.15) is 0 Å². The van der Waals surface area contributed by atoms with Gasteiger partial charge in [-0.15, -0.1) is 0 Å². The molecule has 0 saturated carbocycles. The third-order valence-corrected chi connectivity index (χ3v) is 6.39. The minimum Gasteiger partial charge on any atom is -0.330 e. The summed E-state index contributed by atoms with van der Waals surface area (Å²) in [5.74, 6) is 0. The summed E-state index contributed by atoms with van der Waals surface area (Å²) in [4.78, 5) is 0. The summed E-state index contributed by atoms with van der Waals surface area (Å²) in [5.41, 5.74) is 5.50. The molecule has 6 N–H and O–H groups in total. The molecule has 5 nitrogen and oxygen atoms in total. The highest BCUT2D eigenvalue weighted by molar-refractivity contribution is 4.56. The Balaban J connectivity index is 2.99. The van der Waals surface area contributed by atoms with Crippen LogP contribution in [0.3, 0.4) is 0 Å². The predicted octanol–water partition coefficient (Wildman–Crippen LogP) is 5.35. The second kappa shape index (κ2) is 31.8. The molecule has 0 aliphatic heterocycles. The zero-order valence-corrected chi connectivity index (χ0v) is 22.7. The number of nitrogens with two attached hydrogens (primary N) is 1. The fraction of sp³-hybridized carbons (Fsp3) is 1.00. The van der Waals surface area contributed by atoms with Crippen LogP contribution >= 0.6 is 0 Å². The molecule has 200 valence electrons. The van der Waals surface area contributed by atoms with E-state index in [-0.39, 0.29) is 0 Å². The molecule has 33 heavy (non-hydrogen) atoms. The average molecular weight is 470 g/mol. The van der Waals surface area contributed by atoms with Crippen LogP contribution in [0.2, 0.25) is 0 Å². The molecule has 0 heterocycles. The van der Waals surface area contributed by atoms with Crippen LogP contribution < -0.4 is 27.0 Å². The van der Waals surface area contributed by atoms with E-state index in [1.807, 2.05) is 0 Å². The molecule has 0 rings (SSSR count). The molecule has 0 aliphatic carbocycles. The lowest BCUT2D eigenvalue weighted by Crippen LogP contribution is -2.22. The molecule has 0 spiro atoms. The van der Waals surface area contributed by atoms with E-state index in [0.717, 1.165) is 39.1 Å². The summed E-state index contributed by atoms with van der Waals surface area (Å²) in [6, 6.07) is 0. The van der Waals surface area contributed by atoms with E-state index in [4.69, 9.17) is 5.73 Å². The second-order valence-corrected chi connectivity index (χ2v) is 9.80. The van der Waals surface area contributed by atoms with Crippen LogP contribution in [0.15, 0.2) is 0 Å². The zero-order valence-electron chi connectivity index (χ0n) is 22.7. The number of nitrogens with one attached hydrogen (secondary N) is 4. The van der Waals surface area contributed by atoms with E-state index in [1.54, 1.807) is 0 Å². The first-order chi connectivity index (χ1) is 16.4. The second-order valence-electron chi connectivity index (χ2n) is 9.80. The van der Waals surface area contributed by atoms with Crippen molar-refractivity contribution in [2.75, 3.05) is 58.9 Å². The molecule has 5 heteroatoms. The molecule has 0 aliphatic rings. The minimum atomic E-state index is 0.818. The van der Waals surface area contributed by atoms with Gasteiger partial charge >= 0.3 is 0 Å². The summed E-state index contributed by atoms with van der Waals surface area (Å²) in [6.45, 7) is 12.4. The molecule has 0 atom stereocenters. The summed E-state index contributed by atoms with van der Waals surface area (Å²) in [5, 5.41) is 14.3. The van der Waals surface area contributed by atoms with Crippen molar-refractivity contribution in [2.45, 2.75) is 122 Å². The summed E-state index contributed by atoms with van der Waals surface area (Å²) < 4.78 is 0. The Hall–Kier alpha value is -0.200. The highest BCUT2D eigenvalue weighted by Crippen LogP contribution is 2.10. The van der Waals surface area contributed by atoms with Gasteiger partial charge in [-0.1, -0.05) is 64.7 Å². The normalized spacial score (nSPS) is 11.5. The highest BCUT2D eigenvalue weighted by atomic mass is 14.9. The van der Waals surface area contributed by atoms with E-state index in [1.165, 1.54) is 135 Å². The topological polar surface area (TPSA) is 74.1 Å². The third-order valence-electron chi connectivity index (χ3n) is 6.39. The standard InChI is InChI=1S/C28H63N5/c1-2-3-4-5-6-7-8-9-10-12-21-30-23-14-16-25-32-27-18-19-28-33-26-17-15-24-31-22-13-11-20-29/h30-33H,2-29H2,1H3. The van der Waals surface area contributed by atoms with Gasteiger partial charge in [0.2, 0.25) is 0 Å². The Morgan fingerprint density at radius 1 is 0.333 bits per heavy atom. The van der Waals surface area contributed by atoms with Gasteiger partial charge in [0.25, 0.3) is 0 Å².